The summed E-state index contributed by atoms with van der Waals surface area (Å²) in [4.78, 5) is 0. The molecule has 0 radical (unpaired) electrons. The second kappa shape index (κ2) is 8.72. The zero-order valence-electron chi connectivity index (χ0n) is 10.9. The molecule has 1 heteroatoms. The first kappa shape index (κ1) is 14.4. The first-order valence-electron chi connectivity index (χ1n) is 6.68. The van der Waals surface area contributed by atoms with Crippen molar-refractivity contribution in [3.05, 3.63) is 0 Å². The molecule has 0 N–H and O–H groups in total. The molecule has 0 fully saturated rings. The molecule has 0 spiro atoms. The summed E-state index contributed by atoms with van der Waals surface area (Å²) >= 11 is 0. The number of unbranched alkanes of at least 4 members (excludes halogenated alkanes) is 3. The first-order valence-corrected chi connectivity index (χ1v) is 9.80. The Kier molecular flexibility index (Phi) is 8.98. The van der Waals surface area contributed by atoms with Crippen molar-refractivity contribution >= 4 is 7.26 Å². The van der Waals surface area contributed by atoms with Gasteiger partial charge in [-0.2, -0.15) is 0 Å². The van der Waals surface area contributed by atoms with E-state index in [1.54, 1.807) is 18.5 Å². The molecule has 0 aromatic heterocycles. The third-order valence-corrected chi connectivity index (χ3v) is 8.08. The van der Waals surface area contributed by atoms with Crippen molar-refractivity contribution in [1.82, 2.24) is 0 Å². The summed E-state index contributed by atoms with van der Waals surface area (Å²) < 4.78 is 0. The van der Waals surface area contributed by atoms with Crippen LogP contribution in [-0.4, -0.2) is 25.2 Å². The van der Waals surface area contributed by atoms with Gasteiger partial charge < -0.3 is 0 Å². The number of rotatable bonds is 9. The molecule has 0 heterocycles. The fourth-order valence-electron chi connectivity index (χ4n) is 2.19. The van der Waals surface area contributed by atoms with E-state index in [0.717, 1.165) is 0 Å². The molecule has 0 aliphatic carbocycles. The Morgan fingerprint density at radius 1 is 0.643 bits per heavy atom. The zero-order chi connectivity index (χ0) is 10.9. The average molecular weight is 218 g/mol. The summed E-state index contributed by atoms with van der Waals surface area (Å²) in [5.41, 5.74) is 0. The molecule has 0 bridgehead atoms. The van der Waals surface area contributed by atoms with E-state index in [1.807, 2.05) is 0 Å². The second-order valence-electron chi connectivity index (χ2n) is 5.12. The Morgan fingerprint density at radius 3 is 1.14 bits per heavy atom. The normalized spacial score (nSPS) is 13.1. The average Bonchev–Trinajstić information content (AvgIpc) is 2.21. The van der Waals surface area contributed by atoms with Gasteiger partial charge in [-0.1, -0.05) is 0 Å². The van der Waals surface area contributed by atoms with Crippen LogP contribution in [0.5, 0.6) is 0 Å². The van der Waals surface area contributed by atoms with E-state index in [-0.39, 0.29) is 0 Å². The van der Waals surface area contributed by atoms with E-state index >= 15 is 0 Å². The van der Waals surface area contributed by atoms with Gasteiger partial charge in [0, 0.05) is 0 Å². The van der Waals surface area contributed by atoms with E-state index in [0.29, 0.717) is 0 Å². The van der Waals surface area contributed by atoms with Crippen molar-refractivity contribution < 1.29 is 0 Å². The minimum absolute atomic E-state index is 0.812. The summed E-state index contributed by atoms with van der Waals surface area (Å²) in [6.07, 6.45) is 13.4. The number of hydrogen-bond acceptors (Lipinski definition) is 0. The summed E-state index contributed by atoms with van der Waals surface area (Å²) in [5, 5.41) is 0. The van der Waals surface area contributed by atoms with Crippen molar-refractivity contribution in [1.29, 1.82) is 0 Å². The Morgan fingerprint density at radius 2 is 0.929 bits per heavy atom. The summed E-state index contributed by atoms with van der Waals surface area (Å²) in [5.74, 6) is 0. The van der Waals surface area contributed by atoms with Crippen LogP contribution < -0.4 is 0 Å². The Hall–Kier alpha value is 0.430. The molecule has 0 amide bonds. The molecule has 0 saturated heterocycles. The van der Waals surface area contributed by atoms with Crippen LogP contribution in [0.25, 0.3) is 0 Å². The molecule has 0 atom stereocenters. The van der Waals surface area contributed by atoms with Crippen molar-refractivity contribution in [2.75, 3.05) is 25.2 Å². The predicted octanol–water partition coefficient (Wildman–Crippen LogP) is 4.77. The molecule has 0 aliphatic rings. The van der Waals surface area contributed by atoms with Crippen LogP contribution in [0.15, 0.2) is 0 Å². The van der Waals surface area contributed by atoms with E-state index in [9.17, 15) is 0 Å². The Balaban J connectivity index is 3.89. The van der Waals surface area contributed by atoms with Gasteiger partial charge in [0.15, 0.2) is 0 Å². The number of hydrogen-bond donors (Lipinski definition) is 0. The van der Waals surface area contributed by atoms with Crippen molar-refractivity contribution in [2.45, 2.75) is 59.3 Å². The maximum atomic E-state index is 2.65. The molecule has 0 nitrogen and oxygen atoms in total. The quantitative estimate of drug-likeness (QED) is 0.489. The monoisotopic (exact) mass is 218 g/mol. The fraction of sp³-hybridized carbons (Fsp3) is 1.00. The van der Waals surface area contributed by atoms with Gasteiger partial charge in [0.2, 0.25) is 0 Å². The van der Waals surface area contributed by atoms with E-state index in [1.165, 1.54) is 38.5 Å². The molecule has 14 heavy (non-hydrogen) atoms. The van der Waals surface area contributed by atoms with E-state index < -0.39 is 7.26 Å². The topological polar surface area (TPSA) is 0 Å². The first-order chi connectivity index (χ1) is 6.68. The van der Waals surface area contributed by atoms with Crippen LogP contribution in [0.3, 0.4) is 0 Å². The molecule has 0 aromatic rings. The molecule has 0 unspecified atom stereocenters. The Bertz CT molecular complexity index is 98.6. The van der Waals surface area contributed by atoms with Gasteiger partial charge >= 0.3 is 91.7 Å². The van der Waals surface area contributed by atoms with E-state index in [4.69, 9.17) is 0 Å². The third kappa shape index (κ3) is 6.82. The van der Waals surface area contributed by atoms with Gasteiger partial charge in [-0.25, -0.2) is 0 Å². The SMILES string of the molecule is CCCC[PH](C)(CCCC)CCCC. The van der Waals surface area contributed by atoms with Gasteiger partial charge in [-0.05, 0) is 0 Å². The summed E-state index contributed by atoms with van der Waals surface area (Å²) in [6, 6.07) is 0. The third-order valence-electron chi connectivity index (χ3n) is 3.40. The maximum absolute atomic E-state index is 2.65. The van der Waals surface area contributed by atoms with Crippen LogP contribution in [0, 0.1) is 0 Å². The van der Waals surface area contributed by atoms with E-state index in [2.05, 4.69) is 27.4 Å². The van der Waals surface area contributed by atoms with Crippen LogP contribution in [0.4, 0.5) is 0 Å². The van der Waals surface area contributed by atoms with Crippen molar-refractivity contribution in [2.24, 2.45) is 0 Å². The summed E-state index contributed by atoms with van der Waals surface area (Å²) in [7, 11) is -0.812. The molecule has 0 aliphatic heterocycles. The summed E-state index contributed by atoms with van der Waals surface area (Å²) in [6.45, 7) is 9.63. The zero-order valence-corrected chi connectivity index (χ0v) is 11.9. The molecular weight excluding hydrogens is 187 g/mol. The van der Waals surface area contributed by atoms with Crippen molar-refractivity contribution in [3.63, 3.8) is 0 Å². The Labute approximate surface area is 92.2 Å². The molecule has 0 aromatic carbocycles. The van der Waals surface area contributed by atoms with Gasteiger partial charge in [0.25, 0.3) is 0 Å². The molecule has 88 valence electrons. The van der Waals surface area contributed by atoms with Crippen molar-refractivity contribution in [3.8, 4) is 0 Å². The molecule has 0 saturated carbocycles. The van der Waals surface area contributed by atoms with Crippen LogP contribution in [0.1, 0.15) is 59.3 Å². The van der Waals surface area contributed by atoms with Gasteiger partial charge in [0.1, 0.15) is 0 Å². The van der Waals surface area contributed by atoms with Crippen LogP contribution >= 0.6 is 7.26 Å². The second-order valence-corrected chi connectivity index (χ2v) is 10.2. The van der Waals surface area contributed by atoms with Crippen LogP contribution in [0.2, 0.25) is 0 Å². The standard InChI is InChI=1S/C13H31P/c1-5-8-11-14(4,12-9-6-2)13-10-7-3/h14H,5-13H2,1-4H3. The predicted molar refractivity (Wildman–Crippen MR) is 73.6 cm³/mol. The molecular formula is C13H31P. The van der Waals surface area contributed by atoms with Gasteiger partial charge in [0.05, 0.1) is 0 Å². The van der Waals surface area contributed by atoms with Crippen LogP contribution in [-0.2, 0) is 0 Å². The van der Waals surface area contributed by atoms with Gasteiger partial charge in [-0.3, -0.25) is 0 Å². The molecule has 0 rings (SSSR count). The fourth-order valence-corrected chi connectivity index (χ4v) is 6.56. The van der Waals surface area contributed by atoms with Gasteiger partial charge in [-0.15, -0.1) is 0 Å². The minimum atomic E-state index is -0.812.